The first kappa shape index (κ1) is 30.4. The minimum atomic E-state index is -0.806. The molecule has 0 unspecified atom stereocenters. The zero-order chi connectivity index (χ0) is 30.9. The Hall–Kier alpha value is -5.07. The minimum Gasteiger partial charge on any atom is -0.493 e. The number of carbonyl (C=O) groups excluding carboxylic acids is 2. The second-order valence-electron chi connectivity index (χ2n) is 9.44. The first-order chi connectivity index (χ1) is 21.3. The minimum absolute atomic E-state index is 0.0276. The van der Waals surface area contributed by atoms with Crippen molar-refractivity contribution in [2.45, 2.75) is 12.8 Å². The van der Waals surface area contributed by atoms with Crippen LogP contribution in [0.25, 0.3) is 20.7 Å². The van der Waals surface area contributed by atoms with Crippen LogP contribution in [0.3, 0.4) is 0 Å². The van der Waals surface area contributed by atoms with Crippen molar-refractivity contribution in [2.24, 2.45) is 5.73 Å². The quantitative estimate of drug-likeness (QED) is 0.107. The summed E-state index contributed by atoms with van der Waals surface area (Å²) in [6, 6.07) is 24.8. The van der Waals surface area contributed by atoms with Crippen LogP contribution in [0.15, 0.2) is 91.1 Å². The van der Waals surface area contributed by atoms with E-state index in [4.69, 9.17) is 27.4 Å². The van der Waals surface area contributed by atoms with Crippen LogP contribution in [-0.4, -0.2) is 35.3 Å². The van der Waals surface area contributed by atoms with Gasteiger partial charge < -0.3 is 30.6 Å². The van der Waals surface area contributed by atoms with Gasteiger partial charge in [0.05, 0.1) is 29.9 Å². The molecule has 0 atom stereocenters. The lowest BCUT2D eigenvalue weighted by atomic mass is 10.1. The van der Waals surface area contributed by atoms with Gasteiger partial charge in [-0.3, -0.25) is 9.78 Å². The number of hydrogen-bond donors (Lipinski definition) is 3. The number of anilines is 1. The maximum absolute atomic E-state index is 15.1. The Morgan fingerprint density at radius 3 is 2.50 bits per heavy atom. The van der Waals surface area contributed by atoms with E-state index in [1.54, 1.807) is 18.3 Å². The SMILES string of the molecule is NC(=O)OCCCOc1ccc(-c2cc3nccc(Oc4ccc(NC(=S)NC(=O)Cc5ccccc5)cc4F)c3s2)cc1. The molecule has 44 heavy (non-hydrogen) atoms. The van der Waals surface area contributed by atoms with Crippen LogP contribution in [-0.2, 0) is 16.0 Å². The van der Waals surface area contributed by atoms with Crippen LogP contribution >= 0.6 is 23.6 Å². The number of thiocarbonyl (C=S) groups is 1. The first-order valence-electron chi connectivity index (χ1n) is 13.5. The monoisotopic (exact) mass is 630 g/mol. The van der Waals surface area contributed by atoms with Gasteiger partial charge in [0.2, 0.25) is 5.91 Å². The number of nitrogens with two attached hydrogens (primary N) is 1. The Balaban J connectivity index is 1.20. The van der Waals surface area contributed by atoms with Crippen molar-refractivity contribution < 1.29 is 28.2 Å². The van der Waals surface area contributed by atoms with E-state index >= 15 is 4.39 Å². The highest BCUT2D eigenvalue weighted by molar-refractivity contribution is 7.80. The van der Waals surface area contributed by atoms with E-state index in [-0.39, 0.29) is 29.8 Å². The molecule has 0 radical (unpaired) electrons. The van der Waals surface area contributed by atoms with Gasteiger partial charge >= 0.3 is 6.09 Å². The van der Waals surface area contributed by atoms with Crippen LogP contribution in [0, 0.1) is 5.82 Å². The third-order valence-corrected chi connectivity index (χ3v) is 7.58. The molecule has 2 aromatic heterocycles. The molecule has 0 bridgehead atoms. The normalized spacial score (nSPS) is 10.7. The predicted octanol–water partition coefficient (Wildman–Crippen LogP) is 6.81. The molecule has 2 heterocycles. The molecule has 0 spiro atoms. The van der Waals surface area contributed by atoms with Crippen molar-refractivity contribution in [3.05, 3.63) is 103 Å². The van der Waals surface area contributed by atoms with E-state index in [0.29, 0.717) is 35.7 Å². The summed E-state index contributed by atoms with van der Waals surface area (Å²) in [4.78, 5) is 28.3. The molecule has 0 saturated heterocycles. The molecule has 224 valence electrons. The fourth-order valence-electron chi connectivity index (χ4n) is 4.17. The van der Waals surface area contributed by atoms with Crippen molar-refractivity contribution in [1.82, 2.24) is 10.3 Å². The summed E-state index contributed by atoms with van der Waals surface area (Å²) in [5, 5.41) is 5.50. The van der Waals surface area contributed by atoms with Gasteiger partial charge in [-0.05, 0) is 65.8 Å². The Bertz CT molecular complexity index is 1780. The lowest BCUT2D eigenvalue weighted by molar-refractivity contribution is -0.119. The van der Waals surface area contributed by atoms with Gasteiger partial charge in [0, 0.05) is 35.3 Å². The summed E-state index contributed by atoms with van der Waals surface area (Å²) in [7, 11) is 0. The van der Waals surface area contributed by atoms with Gasteiger partial charge in [0.15, 0.2) is 16.7 Å². The van der Waals surface area contributed by atoms with Crippen molar-refractivity contribution in [3.8, 4) is 27.7 Å². The summed E-state index contributed by atoms with van der Waals surface area (Å²) >= 11 is 6.69. The molecular weight excluding hydrogens is 604 g/mol. The summed E-state index contributed by atoms with van der Waals surface area (Å²) < 4.78 is 32.2. The zero-order valence-electron chi connectivity index (χ0n) is 23.2. The number of hydrogen-bond acceptors (Lipinski definition) is 8. The number of amides is 2. The summed E-state index contributed by atoms with van der Waals surface area (Å²) in [6.07, 6.45) is 1.50. The van der Waals surface area contributed by atoms with E-state index in [2.05, 4.69) is 20.4 Å². The number of fused-ring (bicyclic) bond motifs is 1. The Labute approximate surface area is 261 Å². The molecule has 5 aromatic rings. The number of pyridine rings is 1. The lowest BCUT2D eigenvalue weighted by Crippen LogP contribution is -2.35. The average molecular weight is 631 g/mol. The molecule has 0 aliphatic carbocycles. The third-order valence-electron chi connectivity index (χ3n) is 6.19. The van der Waals surface area contributed by atoms with Crippen molar-refractivity contribution in [3.63, 3.8) is 0 Å². The molecule has 0 aliphatic rings. The number of thiophene rings is 1. The highest BCUT2D eigenvalue weighted by atomic mass is 32.1. The highest BCUT2D eigenvalue weighted by Crippen LogP contribution is 2.40. The second-order valence-corrected chi connectivity index (χ2v) is 10.9. The Kier molecular flexibility index (Phi) is 9.95. The van der Waals surface area contributed by atoms with Crippen LogP contribution in [0.1, 0.15) is 12.0 Å². The lowest BCUT2D eigenvalue weighted by Gasteiger charge is -2.12. The number of nitrogens with one attached hydrogen (secondary N) is 2. The first-order valence-corrected chi connectivity index (χ1v) is 14.7. The van der Waals surface area contributed by atoms with E-state index in [9.17, 15) is 9.59 Å². The van der Waals surface area contributed by atoms with E-state index in [0.717, 1.165) is 20.7 Å². The van der Waals surface area contributed by atoms with Crippen LogP contribution < -0.4 is 25.8 Å². The molecule has 9 nitrogen and oxygen atoms in total. The number of benzene rings is 3. The smallest absolute Gasteiger partial charge is 0.404 e. The standard InChI is InChI=1S/C32H27FN4O5S2/c33-24-18-22(36-32(43)37-29(38)17-20-5-2-1-3-6-20)9-12-26(24)42-27-13-14-35-25-19-28(44-30(25)27)21-7-10-23(11-8-21)40-15-4-16-41-31(34)39/h1-3,5-14,18-19H,4,15-17H2,(H2,34,39)(H2,36,37,38,43). The molecular formula is C32H27FN4O5S2. The van der Waals surface area contributed by atoms with Crippen LogP contribution in [0.5, 0.6) is 17.2 Å². The Morgan fingerprint density at radius 2 is 1.75 bits per heavy atom. The van der Waals surface area contributed by atoms with Gasteiger partial charge in [0.1, 0.15) is 11.5 Å². The van der Waals surface area contributed by atoms with Gasteiger partial charge in [-0.25, -0.2) is 9.18 Å². The number of halogens is 1. The van der Waals surface area contributed by atoms with E-state index < -0.39 is 11.9 Å². The predicted molar refractivity (Wildman–Crippen MR) is 172 cm³/mol. The number of primary amides is 1. The van der Waals surface area contributed by atoms with Crippen molar-refractivity contribution in [2.75, 3.05) is 18.5 Å². The fraction of sp³-hybridized carbons (Fsp3) is 0.125. The molecule has 4 N–H and O–H groups in total. The molecule has 12 heteroatoms. The molecule has 3 aromatic carbocycles. The van der Waals surface area contributed by atoms with Crippen molar-refractivity contribution in [1.29, 1.82) is 0 Å². The number of nitrogens with zero attached hydrogens (tertiary/aromatic N) is 1. The third kappa shape index (κ3) is 8.27. The number of carbonyl (C=O) groups is 2. The molecule has 0 aliphatic heterocycles. The van der Waals surface area contributed by atoms with Crippen LogP contribution in [0.2, 0.25) is 0 Å². The fourth-order valence-corrected chi connectivity index (χ4v) is 5.47. The van der Waals surface area contributed by atoms with Gasteiger partial charge in [-0.2, -0.15) is 0 Å². The largest absolute Gasteiger partial charge is 0.493 e. The number of ether oxygens (including phenoxy) is 3. The average Bonchev–Trinajstić information content (AvgIpc) is 3.44. The number of rotatable bonds is 11. The summed E-state index contributed by atoms with van der Waals surface area (Å²) in [6.45, 7) is 0.576. The highest BCUT2D eigenvalue weighted by Gasteiger charge is 2.14. The van der Waals surface area contributed by atoms with E-state index in [1.165, 1.54) is 23.5 Å². The number of aromatic nitrogens is 1. The molecule has 5 rings (SSSR count). The van der Waals surface area contributed by atoms with Gasteiger partial charge in [0.25, 0.3) is 0 Å². The van der Waals surface area contributed by atoms with E-state index in [1.807, 2.05) is 60.7 Å². The molecule has 0 fully saturated rings. The maximum Gasteiger partial charge on any atom is 0.404 e. The Morgan fingerprint density at radius 1 is 0.955 bits per heavy atom. The summed E-state index contributed by atoms with van der Waals surface area (Å²) in [5.74, 6) is 0.291. The van der Waals surface area contributed by atoms with Crippen LogP contribution in [0.4, 0.5) is 14.9 Å². The topological polar surface area (TPSA) is 125 Å². The molecule has 0 saturated carbocycles. The molecule has 2 amide bonds. The second kappa shape index (κ2) is 14.4. The van der Waals surface area contributed by atoms with Gasteiger partial charge in [-0.15, -0.1) is 11.3 Å². The summed E-state index contributed by atoms with van der Waals surface area (Å²) in [5.41, 5.74) is 7.83. The maximum atomic E-state index is 15.1. The van der Waals surface area contributed by atoms with Gasteiger partial charge in [-0.1, -0.05) is 30.3 Å². The zero-order valence-corrected chi connectivity index (χ0v) is 24.9. The van der Waals surface area contributed by atoms with Crippen molar-refractivity contribution >= 4 is 56.6 Å².